The average Bonchev–Trinajstić information content (AvgIpc) is 2.35. The molecule has 1 N–H and O–H groups in total. The van der Waals surface area contributed by atoms with Crippen molar-refractivity contribution >= 4 is 16.1 Å². The molecule has 0 amide bonds. The van der Waals surface area contributed by atoms with Crippen LogP contribution < -0.4 is 29.6 Å². The fourth-order valence-corrected chi connectivity index (χ4v) is 2.58. The quantitative estimate of drug-likeness (QED) is 0.567. The van der Waals surface area contributed by atoms with E-state index in [-0.39, 0.29) is 40.4 Å². The summed E-state index contributed by atoms with van der Waals surface area (Å²) in [5, 5.41) is 9.16. The van der Waals surface area contributed by atoms with Gasteiger partial charge < -0.3 is 9.66 Å². The second-order valence-electron chi connectivity index (χ2n) is 5.52. The van der Waals surface area contributed by atoms with Crippen molar-refractivity contribution in [2.24, 2.45) is 5.41 Å². The normalized spacial score (nSPS) is 13.3. The molecule has 0 aromatic heterocycles. The second kappa shape index (κ2) is 7.74. The summed E-state index contributed by atoms with van der Waals surface area (Å²) in [5.41, 5.74) is -0.0153. The SMILES string of the molecule is CCC(CC(C)(C)C(=O)O)c1ccc(S(=O)(=O)[O-])cc1.[Na+]. The third-order valence-corrected chi connectivity index (χ3v) is 4.32. The molecular formula is C14H19NaO5S. The van der Waals surface area contributed by atoms with Gasteiger partial charge in [0.05, 0.1) is 10.3 Å². The molecule has 1 rings (SSSR count). The summed E-state index contributed by atoms with van der Waals surface area (Å²) >= 11 is 0. The maximum Gasteiger partial charge on any atom is 1.00 e. The molecule has 0 aliphatic heterocycles. The molecule has 1 aromatic carbocycles. The first-order valence-electron chi connectivity index (χ1n) is 6.37. The zero-order valence-corrected chi connectivity index (χ0v) is 15.6. The summed E-state index contributed by atoms with van der Waals surface area (Å²) in [7, 11) is -4.44. The summed E-state index contributed by atoms with van der Waals surface area (Å²) in [6.07, 6.45) is 1.18. The van der Waals surface area contributed by atoms with E-state index in [9.17, 15) is 17.8 Å². The number of hydrogen-bond acceptors (Lipinski definition) is 4. The maximum absolute atomic E-state index is 11.2. The Balaban J connectivity index is 0.00000400. The first kappa shape index (κ1) is 20.6. The van der Waals surface area contributed by atoms with Crippen molar-refractivity contribution in [3.63, 3.8) is 0 Å². The van der Waals surface area contributed by atoms with Gasteiger partial charge in [0.25, 0.3) is 0 Å². The standard InChI is InChI=1S/C14H20O5S.Na/c1-4-10(9-14(2,3)13(15)16)11-5-7-12(8-6-11)20(17,18)19;/h5-8,10H,4,9H2,1-3H3,(H,15,16)(H,17,18,19);/q;+1/p-1. The van der Waals surface area contributed by atoms with Crippen LogP contribution in [0.25, 0.3) is 0 Å². The Morgan fingerprint density at radius 1 is 1.29 bits per heavy atom. The topological polar surface area (TPSA) is 94.5 Å². The molecule has 0 bridgehead atoms. The molecule has 0 aliphatic carbocycles. The molecule has 7 heteroatoms. The first-order chi connectivity index (χ1) is 9.08. The van der Waals surface area contributed by atoms with Crippen LogP contribution in [-0.2, 0) is 14.9 Å². The molecule has 0 fully saturated rings. The number of benzene rings is 1. The van der Waals surface area contributed by atoms with Gasteiger partial charge in [-0.05, 0) is 50.3 Å². The zero-order chi connectivity index (χ0) is 15.6. The van der Waals surface area contributed by atoms with Crippen LogP contribution in [0, 0.1) is 5.41 Å². The van der Waals surface area contributed by atoms with Gasteiger partial charge in [-0.1, -0.05) is 19.1 Å². The van der Waals surface area contributed by atoms with Crippen molar-refractivity contribution in [1.29, 1.82) is 0 Å². The predicted molar refractivity (Wildman–Crippen MR) is 73.5 cm³/mol. The number of rotatable bonds is 6. The molecule has 0 saturated heterocycles. The molecule has 0 heterocycles. The third-order valence-electron chi connectivity index (χ3n) is 3.47. The van der Waals surface area contributed by atoms with Gasteiger partial charge in [0.1, 0.15) is 10.1 Å². The van der Waals surface area contributed by atoms with Crippen LogP contribution in [0.3, 0.4) is 0 Å². The molecule has 1 unspecified atom stereocenters. The van der Waals surface area contributed by atoms with Crippen molar-refractivity contribution in [1.82, 2.24) is 0 Å². The minimum absolute atomic E-state index is 0. The molecule has 0 aliphatic rings. The smallest absolute Gasteiger partial charge is 0.744 e. The van der Waals surface area contributed by atoms with Gasteiger partial charge in [-0.25, -0.2) is 8.42 Å². The van der Waals surface area contributed by atoms with Gasteiger partial charge >= 0.3 is 35.5 Å². The fraction of sp³-hybridized carbons (Fsp3) is 0.500. The predicted octanol–water partition coefficient (Wildman–Crippen LogP) is -0.411. The summed E-state index contributed by atoms with van der Waals surface area (Å²) in [4.78, 5) is 10.9. The number of carboxylic acid groups (broad SMARTS) is 1. The van der Waals surface area contributed by atoms with E-state index in [1.165, 1.54) is 12.1 Å². The molecule has 0 saturated carbocycles. The van der Waals surface area contributed by atoms with E-state index < -0.39 is 21.5 Å². The first-order valence-corrected chi connectivity index (χ1v) is 7.78. The van der Waals surface area contributed by atoms with Gasteiger partial charge in [0.2, 0.25) is 0 Å². The fourth-order valence-electron chi connectivity index (χ4n) is 2.11. The molecule has 0 radical (unpaired) electrons. The van der Waals surface area contributed by atoms with Crippen LogP contribution >= 0.6 is 0 Å². The number of hydrogen-bond donors (Lipinski definition) is 1. The van der Waals surface area contributed by atoms with E-state index >= 15 is 0 Å². The van der Waals surface area contributed by atoms with Crippen molar-refractivity contribution in [2.75, 3.05) is 0 Å². The maximum atomic E-state index is 11.2. The molecule has 112 valence electrons. The summed E-state index contributed by atoms with van der Waals surface area (Å²) in [6.45, 7) is 5.27. The van der Waals surface area contributed by atoms with E-state index in [1.54, 1.807) is 26.0 Å². The van der Waals surface area contributed by atoms with Crippen LogP contribution in [0.5, 0.6) is 0 Å². The van der Waals surface area contributed by atoms with Crippen molar-refractivity contribution in [2.45, 2.75) is 44.4 Å². The Labute approximate surface area is 147 Å². The molecule has 1 aromatic rings. The summed E-state index contributed by atoms with van der Waals surface area (Å²) in [5.74, 6) is -0.862. The monoisotopic (exact) mass is 322 g/mol. The minimum Gasteiger partial charge on any atom is -0.744 e. The van der Waals surface area contributed by atoms with E-state index in [1.807, 2.05) is 6.92 Å². The van der Waals surface area contributed by atoms with E-state index in [4.69, 9.17) is 5.11 Å². The zero-order valence-electron chi connectivity index (χ0n) is 12.8. The van der Waals surface area contributed by atoms with Crippen molar-refractivity contribution < 1.29 is 52.4 Å². The molecule has 21 heavy (non-hydrogen) atoms. The minimum atomic E-state index is -4.44. The van der Waals surface area contributed by atoms with Crippen molar-refractivity contribution in [3.8, 4) is 0 Å². The number of aliphatic carboxylic acids is 1. The van der Waals surface area contributed by atoms with Crippen molar-refractivity contribution in [3.05, 3.63) is 29.8 Å². The molecule has 1 atom stereocenters. The third kappa shape index (κ3) is 5.71. The van der Waals surface area contributed by atoms with E-state index in [2.05, 4.69) is 0 Å². The van der Waals surface area contributed by atoms with Gasteiger partial charge in [-0.2, -0.15) is 0 Å². The molecule has 0 spiro atoms. The molecular weight excluding hydrogens is 303 g/mol. The number of carbonyl (C=O) groups is 1. The van der Waals surface area contributed by atoms with Gasteiger partial charge in [0.15, 0.2) is 0 Å². The van der Waals surface area contributed by atoms with Crippen LogP contribution in [0.2, 0.25) is 0 Å². The summed E-state index contributed by atoms with van der Waals surface area (Å²) < 4.78 is 32.6. The Morgan fingerprint density at radius 3 is 2.10 bits per heavy atom. The Morgan fingerprint density at radius 2 is 1.76 bits per heavy atom. The molecule has 5 nitrogen and oxygen atoms in total. The largest absolute Gasteiger partial charge is 1.00 e. The van der Waals surface area contributed by atoms with E-state index in [0.717, 1.165) is 12.0 Å². The van der Waals surface area contributed by atoms with Gasteiger partial charge in [-0.15, -0.1) is 0 Å². The van der Waals surface area contributed by atoms with Gasteiger partial charge in [0, 0.05) is 0 Å². The van der Waals surface area contributed by atoms with Gasteiger partial charge in [-0.3, -0.25) is 4.79 Å². The van der Waals surface area contributed by atoms with Crippen LogP contribution in [-0.4, -0.2) is 24.0 Å². The Hall–Kier alpha value is -0.400. The summed E-state index contributed by atoms with van der Waals surface area (Å²) in [6, 6.07) is 5.70. The van der Waals surface area contributed by atoms with E-state index in [0.29, 0.717) is 6.42 Å². The van der Waals surface area contributed by atoms with Crippen LogP contribution in [0.1, 0.15) is 45.1 Å². The second-order valence-corrected chi connectivity index (χ2v) is 6.90. The Bertz CT molecular complexity index is 578. The van der Waals surface area contributed by atoms with Crippen LogP contribution in [0.4, 0.5) is 0 Å². The Kier molecular flexibility index (Phi) is 7.59. The van der Waals surface area contributed by atoms with Crippen LogP contribution in [0.15, 0.2) is 29.2 Å². The number of carboxylic acids is 1. The average molecular weight is 322 g/mol.